The van der Waals surface area contributed by atoms with Crippen molar-refractivity contribution in [2.24, 2.45) is 0 Å². The van der Waals surface area contributed by atoms with Gasteiger partial charge in [-0.2, -0.15) is 0 Å². The van der Waals surface area contributed by atoms with Crippen LogP contribution in [0.5, 0.6) is 0 Å². The Hall–Kier alpha value is -3.54. The van der Waals surface area contributed by atoms with Crippen molar-refractivity contribution in [1.29, 1.82) is 0 Å². The molecule has 0 aliphatic carbocycles. The van der Waals surface area contributed by atoms with Crippen molar-refractivity contribution >= 4 is 28.1 Å². The van der Waals surface area contributed by atoms with Crippen LogP contribution in [0.15, 0.2) is 55.0 Å². The largest absolute Gasteiger partial charge is 0.294 e. The lowest BCUT2D eigenvalue weighted by Gasteiger charge is -2.11. The number of nitrogens with one attached hydrogen (secondary N) is 1. The quantitative estimate of drug-likeness (QED) is 0.169. The maximum absolute atomic E-state index is 15.0. The van der Waals surface area contributed by atoms with Gasteiger partial charge in [0.25, 0.3) is 0 Å². The summed E-state index contributed by atoms with van der Waals surface area (Å²) in [6.45, 7) is 0.0357. The molecule has 2 heterocycles. The van der Waals surface area contributed by atoms with Crippen molar-refractivity contribution in [3.8, 4) is 11.3 Å². The van der Waals surface area contributed by atoms with Crippen LogP contribution in [0.1, 0.15) is 27.9 Å². The van der Waals surface area contributed by atoms with E-state index in [1.807, 2.05) is 0 Å². The van der Waals surface area contributed by atoms with Crippen LogP contribution in [0.2, 0.25) is 0 Å². The molecule has 2 N–H and O–H groups in total. The van der Waals surface area contributed by atoms with E-state index < -0.39 is 40.1 Å². The van der Waals surface area contributed by atoms with Crippen molar-refractivity contribution < 1.29 is 26.7 Å². The molecule has 2 aromatic carbocycles. The number of ketones is 1. The molecule has 7 nitrogen and oxygen atoms in total. The van der Waals surface area contributed by atoms with Gasteiger partial charge in [0.05, 0.1) is 28.5 Å². The first-order valence-corrected chi connectivity index (χ1v) is 11.2. The molecule has 4 rings (SSSR count). The number of carbonyl (C=O) groups excluding carboxylic acids is 1. The third kappa shape index (κ3) is 5.01. The summed E-state index contributed by atoms with van der Waals surface area (Å²) < 4.78 is 65.3. The molecule has 0 aliphatic rings. The SMILES string of the molecule is O=C(c1ccc2ncc(-c3ccncc3)nc2c1)c1c(F)c(F)cc(CCCNS(=O)O)c1F. The average molecular weight is 486 g/mol. The summed E-state index contributed by atoms with van der Waals surface area (Å²) in [4.78, 5) is 25.7. The molecule has 2 aromatic heterocycles. The summed E-state index contributed by atoms with van der Waals surface area (Å²) in [6.07, 6.45) is 4.82. The molecule has 1 atom stereocenters. The van der Waals surface area contributed by atoms with Gasteiger partial charge < -0.3 is 0 Å². The van der Waals surface area contributed by atoms with Gasteiger partial charge in [-0.3, -0.25) is 19.3 Å². The standard InChI is InChI=1S/C23H17F3N4O3S/c24-16-10-14(2-1-7-29-34(32)33)21(25)20(22(16)26)23(31)15-3-4-17-18(11-15)30-19(12-28-17)13-5-8-27-9-6-13/h3-6,8-12,29H,1-2,7H2,(H,32,33). The normalized spacial score (nSPS) is 12.1. The number of aryl methyl sites for hydroxylation is 1. The summed E-state index contributed by atoms with van der Waals surface area (Å²) in [5.74, 6) is -5.16. The molecule has 34 heavy (non-hydrogen) atoms. The summed E-state index contributed by atoms with van der Waals surface area (Å²) >= 11 is -2.25. The predicted octanol–water partition coefficient (Wildman–Crippen LogP) is 4.00. The summed E-state index contributed by atoms with van der Waals surface area (Å²) in [7, 11) is 0. The van der Waals surface area contributed by atoms with Crippen LogP contribution >= 0.6 is 0 Å². The number of hydrogen-bond donors (Lipinski definition) is 2. The third-order valence-corrected chi connectivity index (χ3v) is 5.54. The zero-order valence-electron chi connectivity index (χ0n) is 17.5. The molecule has 0 saturated carbocycles. The minimum atomic E-state index is -2.25. The maximum Gasteiger partial charge on any atom is 0.231 e. The van der Waals surface area contributed by atoms with E-state index in [1.165, 1.54) is 18.2 Å². The molecule has 0 radical (unpaired) electrons. The molecule has 174 valence electrons. The van der Waals surface area contributed by atoms with Crippen LogP contribution in [0.25, 0.3) is 22.3 Å². The van der Waals surface area contributed by atoms with E-state index in [0.717, 1.165) is 5.56 Å². The molecule has 0 bridgehead atoms. The van der Waals surface area contributed by atoms with Crippen LogP contribution in [-0.2, 0) is 17.7 Å². The summed E-state index contributed by atoms with van der Waals surface area (Å²) in [5, 5.41) is 0. The van der Waals surface area contributed by atoms with Gasteiger partial charge in [-0.05, 0) is 54.8 Å². The van der Waals surface area contributed by atoms with Gasteiger partial charge in [-0.25, -0.2) is 27.1 Å². The maximum atomic E-state index is 15.0. The van der Waals surface area contributed by atoms with E-state index in [1.54, 1.807) is 30.7 Å². The van der Waals surface area contributed by atoms with Crippen molar-refractivity contribution in [3.05, 3.63) is 89.1 Å². The minimum absolute atomic E-state index is 0.0357. The van der Waals surface area contributed by atoms with Crippen molar-refractivity contribution in [2.75, 3.05) is 6.54 Å². The van der Waals surface area contributed by atoms with Crippen LogP contribution in [-0.4, -0.2) is 36.0 Å². The highest BCUT2D eigenvalue weighted by Gasteiger charge is 2.25. The molecular weight excluding hydrogens is 469 g/mol. The Morgan fingerprint density at radius 1 is 1.03 bits per heavy atom. The highest BCUT2D eigenvalue weighted by molar-refractivity contribution is 7.77. The van der Waals surface area contributed by atoms with Crippen molar-refractivity contribution in [3.63, 3.8) is 0 Å². The van der Waals surface area contributed by atoms with Gasteiger partial charge in [-0.1, -0.05) is 0 Å². The smallest absolute Gasteiger partial charge is 0.231 e. The monoisotopic (exact) mass is 486 g/mol. The van der Waals surface area contributed by atoms with E-state index in [-0.39, 0.29) is 30.5 Å². The van der Waals surface area contributed by atoms with Gasteiger partial charge in [0, 0.05) is 30.1 Å². The Bertz CT molecular complexity index is 1400. The van der Waals surface area contributed by atoms with Crippen LogP contribution < -0.4 is 4.72 Å². The number of benzene rings is 2. The predicted molar refractivity (Wildman–Crippen MR) is 120 cm³/mol. The molecule has 0 fully saturated rings. The Kier molecular flexibility index (Phi) is 7.06. The first-order chi connectivity index (χ1) is 16.3. The number of nitrogens with zero attached hydrogens (tertiary/aromatic N) is 3. The lowest BCUT2D eigenvalue weighted by molar-refractivity contribution is 0.102. The van der Waals surface area contributed by atoms with E-state index in [2.05, 4.69) is 19.7 Å². The minimum Gasteiger partial charge on any atom is -0.294 e. The van der Waals surface area contributed by atoms with Gasteiger partial charge in [0.2, 0.25) is 11.3 Å². The van der Waals surface area contributed by atoms with Crippen molar-refractivity contribution in [1.82, 2.24) is 19.7 Å². The lowest BCUT2D eigenvalue weighted by Crippen LogP contribution is -2.18. The van der Waals surface area contributed by atoms with Crippen LogP contribution in [0.3, 0.4) is 0 Å². The first-order valence-electron chi connectivity index (χ1n) is 10.1. The fourth-order valence-corrected chi connectivity index (χ4v) is 3.75. The number of hydrogen-bond acceptors (Lipinski definition) is 5. The zero-order valence-corrected chi connectivity index (χ0v) is 18.3. The highest BCUT2D eigenvalue weighted by atomic mass is 32.2. The number of fused-ring (bicyclic) bond motifs is 1. The Morgan fingerprint density at radius 3 is 2.53 bits per heavy atom. The number of aromatic nitrogens is 3. The summed E-state index contributed by atoms with van der Waals surface area (Å²) in [5.41, 5.74) is 0.736. The molecule has 0 spiro atoms. The Labute approximate surface area is 194 Å². The second kappa shape index (κ2) is 10.2. The number of halogens is 3. The summed E-state index contributed by atoms with van der Waals surface area (Å²) in [6, 6.07) is 8.33. The molecule has 0 saturated heterocycles. The van der Waals surface area contributed by atoms with Gasteiger partial charge in [-0.15, -0.1) is 0 Å². The second-order valence-corrected chi connectivity index (χ2v) is 8.08. The number of rotatable bonds is 8. The lowest BCUT2D eigenvalue weighted by atomic mass is 9.97. The molecule has 1 unspecified atom stereocenters. The zero-order chi connectivity index (χ0) is 24.2. The first kappa shape index (κ1) is 23.6. The van der Waals surface area contributed by atoms with Crippen LogP contribution in [0.4, 0.5) is 13.2 Å². The third-order valence-electron chi connectivity index (χ3n) is 5.09. The van der Waals surface area contributed by atoms with E-state index in [4.69, 9.17) is 4.55 Å². The van der Waals surface area contributed by atoms with Gasteiger partial charge in [0.15, 0.2) is 17.4 Å². The topological polar surface area (TPSA) is 105 Å². The van der Waals surface area contributed by atoms with Crippen molar-refractivity contribution in [2.45, 2.75) is 12.8 Å². The molecule has 0 amide bonds. The second-order valence-electron chi connectivity index (χ2n) is 7.29. The van der Waals surface area contributed by atoms with Gasteiger partial charge in [0.1, 0.15) is 5.82 Å². The van der Waals surface area contributed by atoms with Crippen LogP contribution in [0, 0.1) is 17.5 Å². The van der Waals surface area contributed by atoms with E-state index in [9.17, 15) is 17.8 Å². The number of carbonyl (C=O) groups is 1. The molecule has 11 heteroatoms. The highest BCUT2D eigenvalue weighted by Crippen LogP contribution is 2.26. The molecule has 4 aromatic rings. The average Bonchev–Trinajstić information content (AvgIpc) is 2.84. The van der Waals surface area contributed by atoms with E-state index in [0.29, 0.717) is 22.8 Å². The Balaban J connectivity index is 1.68. The fraction of sp³-hybridized carbons (Fsp3) is 0.130. The molecular formula is C23H17F3N4O3S. The number of pyridine rings is 1. The Morgan fingerprint density at radius 2 is 1.79 bits per heavy atom. The van der Waals surface area contributed by atoms with E-state index >= 15 is 4.39 Å². The molecule has 0 aliphatic heterocycles. The fourth-order valence-electron chi connectivity index (χ4n) is 3.43. The van der Waals surface area contributed by atoms with Gasteiger partial charge >= 0.3 is 0 Å².